The molecule has 118 valence electrons. The molecule has 0 radical (unpaired) electrons. The summed E-state index contributed by atoms with van der Waals surface area (Å²) in [7, 11) is 1.34. The summed E-state index contributed by atoms with van der Waals surface area (Å²) >= 11 is 0. The number of hydrogen-bond donors (Lipinski definition) is 1. The van der Waals surface area contributed by atoms with E-state index in [2.05, 4.69) is 10.2 Å². The van der Waals surface area contributed by atoms with Crippen LogP contribution in [0.1, 0.15) is 5.56 Å². The molecule has 3 aromatic rings. The molecule has 0 saturated carbocycles. The fourth-order valence-electron chi connectivity index (χ4n) is 2.24. The second kappa shape index (κ2) is 5.91. The van der Waals surface area contributed by atoms with Crippen molar-refractivity contribution in [2.24, 2.45) is 0 Å². The number of nitro benzene ring substituents is 1. The lowest BCUT2D eigenvalue weighted by Gasteiger charge is -2.11. The van der Waals surface area contributed by atoms with E-state index in [4.69, 9.17) is 9.47 Å². The summed E-state index contributed by atoms with van der Waals surface area (Å²) in [6.07, 6.45) is 1.68. The van der Waals surface area contributed by atoms with Crippen molar-refractivity contribution < 1.29 is 18.8 Å². The second-order valence-electron chi connectivity index (χ2n) is 4.75. The molecular formula is C15H12FN3O4. The van der Waals surface area contributed by atoms with Crippen LogP contribution in [0.2, 0.25) is 0 Å². The van der Waals surface area contributed by atoms with Gasteiger partial charge in [-0.25, -0.2) is 0 Å². The Morgan fingerprint density at radius 1 is 1.35 bits per heavy atom. The van der Waals surface area contributed by atoms with Crippen LogP contribution in [0.4, 0.5) is 10.1 Å². The lowest BCUT2D eigenvalue weighted by atomic mass is 10.1. The number of benzene rings is 2. The van der Waals surface area contributed by atoms with Crippen LogP contribution >= 0.6 is 0 Å². The minimum atomic E-state index is -0.977. The third-order valence-electron chi connectivity index (χ3n) is 3.38. The predicted molar refractivity (Wildman–Crippen MR) is 80.0 cm³/mol. The highest BCUT2D eigenvalue weighted by Crippen LogP contribution is 2.34. The van der Waals surface area contributed by atoms with Crippen LogP contribution in [0.5, 0.6) is 11.5 Å². The molecule has 8 heteroatoms. The molecule has 23 heavy (non-hydrogen) atoms. The molecule has 1 aromatic heterocycles. The van der Waals surface area contributed by atoms with E-state index in [1.807, 2.05) is 18.2 Å². The van der Waals surface area contributed by atoms with Crippen LogP contribution in [-0.2, 0) is 6.61 Å². The molecule has 0 spiro atoms. The first-order chi connectivity index (χ1) is 11.1. The third-order valence-corrected chi connectivity index (χ3v) is 3.38. The van der Waals surface area contributed by atoms with Gasteiger partial charge in [0.2, 0.25) is 5.82 Å². The van der Waals surface area contributed by atoms with Gasteiger partial charge in [0.05, 0.1) is 29.8 Å². The van der Waals surface area contributed by atoms with Crippen LogP contribution < -0.4 is 9.47 Å². The summed E-state index contributed by atoms with van der Waals surface area (Å²) in [5, 5.41) is 18.6. The lowest BCUT2D eigenvalue weighted by molar-refractivity contribution is -0.387. The van der Waals surface area contributed by atoms with Gasteiger partial charge in [0.25, 0.3) is 0 Å². The van der Waals surface area contributed by atoms with E-state index < -0.39 is 16.4 Å². The first kappa shape index (κ1) is 14.8. The molecule has 0 aliphatic heterocycles. The van der Waals surface area contributed by atoms with Gasteiger partial charge in [-0.1, -0.05) is 18.2 Å². The summed E-state index contributed by atoms with van der Waals surface area (Å²) in [6, 6.07) is 7.53. The highest BCUT2D eigenvalue weighted by atomic mass is 19.1. The number of rotatable bonds is 5. The molecule has 2 aromatic carbocycles. The summed E-state index contributed by atoms with van der Waals surface area (Å²) in [5.74, 6) is -0.795. The Balaban J connectivity index is 1.92. The SMILES string of the molecule is COc1cc(F)c([N+](=O)[O-])cc1OCc1cccc2cn[nH]c12. The molecule has 0 saturated heterocycles. The van der Waals surface area contributed by atoms with Gasteiger partial charge in [0, 0.05) is 17.0 Å². The summed E-state index contributed by atoms with van der Waals surface area (Å²) in [6.45, 7) is 0.124. The highest BCUT2D eigenvalue weighted by Gasteiger charge is 2.20. The molecule has 3 rings (SSSR count). The normalized spacial score (nSPS) is 10.7. The summed E-state index contributed by atoms with van der Waals surface area (Å²) in [5.41, 5.74) is 0.956. The zero-order valence-corrected chi connectivity index (χ0v) is 12.1. The number of aromatic nitrogens is 2. The van der Waals surface area contributed by atoms with Gasteiger partial charge in [0.1, 0.15) is 6.61 Å². The number of methoxy groups -OCH3 is 1. The first-order valence-corrected chi connectivity index (χ1v) is 6.66. The van der Waals surface area contributed by atoms with Gasteiger partial charge < -0.3 is 9.47 Å². The Bertz CT molecular complexity index is 878. The first-order valence-electron chi connectivity index (χ1n) is 6.66. The van der Waals surface area contributed by atoms with Gasteiger partial charge in [0.15, 0.2) is 11.5 Å². The number of hydrogen-bond acceptors (Lipinski definition) is 5. The van der Waals surface area contributed by atoms with E-state index in [0.717, 1.165) is 28.6 Å². The average molecular weight is 317 g/mol. The lowest BCUT2D eigenvalue weighted by Crippen LogP contribution is -2.01. The number of nitrogens with zero attached hydrogens (tertiary/aromatic N) is 2. The molecular weight excluding hydrogens is 305 g/mol. The van der Waals surface area contributed by atoms with Gasteiger partial charge in [-0.3, -0.25) is 15.2 Å². The number of nitro groups is 1. The standard InChI is InChI=1S/C15H12FN3O4/c1-22-13-5-11(16)12(19(20)21)6-14(13)23-8-10-4-2-3-9-7-17-18-15(9)10/h2-7H,8H2,1H3,(H,17,18). The zero-order valence-electron chi connectivity index (χ0n) is 12.1. The number of aromatic amines is 1. The van der Waals surface area contributed by atoms with Gasteiger partial charge in [-0.05, 0) is 0 Å². The maximum Gasteiger partial charge on any atom is 0.308 e. The van der Waals surface area contributed by atoms with E-state index in [-0.39, 0.29) is 18.1 Å². The molecule has 0 aliphatic carbocycles. The Hall–Kier alpha value is -3.16. The monoisotopic (exact) mass is 317 g/mol. The quantitative estimate of drug-likeness (QED) is 0.576. The average Bonchev–Trinajstić information content (AvgIpc) is 3.02. The number of halogens is 1. The van der Waals surface area contributed by atoms with Gasteiger partial charge in [-0.15, -0.1) is 0 Å². The largest absolute Gasteiger partial charge is 0.493 e. The fraction of sp³-hybridized carbons (Fsp3) is 0.133. The van der Waals surface area contributed by atoms with Gasteiger partial charge in [-0.2, -0.15) is 9.49 Å². The van der Waals surface area contributed by atoms with Crippen LogP contribution in [0.25, 0.3) is 10.9 Å². The number of para-hydroxylation sites is 1. The predicted octanol–water partition coefficient (Wildman–Crippen LogP) is 3.20. The zero-order chi connectivity index (χ0) is 16.4. The summed E-state index contributed by atoms with van der Waals surface area (Å²) < 4.78 is 24.2. The minimum Gasteiger partial charge on any atom is -0.493 e. The second-order valence-corrected chi connectivity index (χ2v) is 4.75. The van der Waals surface area contributed by atoms with E-state index >= 15 is 0 Å². The molecule has 0 fully saturated rings. The van der Waals surface area contributed by atoms with Crippen LogP contribution in [0.3, 0.4) is 0 Å². The third kappa shape index (κ3) is 2.78. The molecule has 0 aliphatic rings. The Morgan fingerprint density at radius 2 is 2.17 bits per heavy atom. The van der Waals surface area contributed by atoms with Gasteiger partial charge >= 0.3 is 5.69 Å². The molecule has 0 amide bonds. The van der Waals surface area contributed by atoms with Crippen molar-refractivity contribution in [3.05, 3.63) is 58.0 Å². The Labute approximate surface area is 129 Å². The highest BCUT2D eigenvalue weighted by molar-refractivity contribution is 5.81. The van der Waals surface area contributed by atoms with Crippen LogP contribution in [-0.4, -0.2) is 22.2 Å². The van der Waals surface area contributed by atoms with Crippen molar-refractivity contribution in [1.29, 1.82) is 0 Å². The molecule has 0 unspecified atom stereocenters. The minimum absolute atomic E-state index is 0.0879. The van der Waals surface area contributed by atoms with Crippen molar-refractivity contribution in [3.8, 4) is 11.5 Å². The number of nitrogens with one attached hydrogen (secondary N) is 1. The molecule has 0 atom stereocenters. The van der Waals surface area contributed by atoms with E-state index in [1.54, 1.807) is 6.20 Å². The van der Waals surface area contributed by atoms with Crippen LogP contribution in [0.15, 0.2) is 36.5 Å². The van der Waals surface area contributed by atoms with Crippen molar-refractivity contribution in [3.63, 3.8) is 0 Å². The van der Waals surface area contributed by atoms with Crippen molar-refractivity contribution >= 4 is 16.6 Å². The van der Waals surface area contributed by atoms with E-state index in [0.29, 0.717) is 0 Å². The topological polar surface area (TPSA) is 90.3 Å². The van der Waals surface area contributed by atoms with Crippen molar-refractivity contribution in [2.45, 2.75) is 6.61 Å². The maximum atomic E-state index is 13.6. The maximum absolute atomic E-state index is 13.6. The number of ether oxygens (including phenoxy) is 2. The molecule has 7 nitrogen and oxygen atoms in total. The smallest absolute Gasteiger partial charge is 0.308 e. The van der Waals surface area contributed by atoms with E-state index in [9.17, 15) is 14.5 Å². The molecule has 1 N–H and O–H groups in total. The molecule has 1 heterocycles. The molecule has 0 bridgehead atoms. The fourth-order valence-corrected chi connectivity index (χ4v) is 2.24. The Morgan fingerprint density at radius 3 is 2.91 bits per heavy atom. The number of H-pyrrole nitrogens is 1. The summed E-state index contributed by atoms with van der Waals surface area (Å²) in [4.78, 5) is 10.0. The van der Waals surface area contributed by atoms with E-state index in [1.165, 1.54) is 7.11 Å². The number of fused-ring (bicyclic) bond motifs is 1. The van der Waals surface area contributed by atoms with Crippen molar-refractivity contribution in [2.75, 3.05) is 7.11 Å². The van der Waals surface area contributed by atoms with Crippen LogP contribution in [0, 0.1) is 15.9 Å². The Kier molecular flexibility index (Phi) is 3.80. The van der Waals surface area contributed by atoms with Crippen molar-refractivity contribution in [1.82, 2.24) is 10.2 Å².